The molecule has 4 heteroatoms. The van der Waals surface area contributed by atoms with Crippen LogP contribution in [0.3, 0.4) is 0 Å². The maximum atomic E-state index is 6.07. The van der Waals surface area contributed by atoms with E-state index in [-0.39, 0.29) is 0 Å². The Balaban J connectivity index is 1.97. The quantitative estimate of drug-likeness (QED) is 0.843. The summed E-state index contributed by atoms with van der Waals surface area (Å²) >= 11 is 6.07. The fourth-order valence-electron chi connectivity index (χ4n) is 2.48. The van der Waals surface area contributed by atoms with Crippen LogP contribution < -0.4 is 10.1 Å². The Bertz CT molecular complexity index is 476. The van der Waals surface area contributed by atoms with Crippen molar-refractivity contribution in [1.29, 1.82) is 0 Å². The molecule has 2 rings (SSSR count). The molecule has 0 saturated carbocycles. The molecule has 0 spiro atoms. The first-order valence-electron chi connectivity index (χ1n) is 7.07. The van der Waals surface area contributed by atoms with Crippen molar-refractivity contribution in [1.82, 2.24) is 4.90 Å². The molecule has 1 heterocycles. The predicted octanol–water partition coefficient (Wildman–Crippen LogP) is 3.25. The number of hydrogen-bond acceptors (Lipinski definition) is 3. The summed E-state index contributed by atoms with van der Waals surface area (Å²) in [4.78, 5) is 2.31. The highest BCUT2D eigenvalue weighted by molar-refractivity contribution is 6.30. The van der Waals surface area contributed by atoms with Gasteiger partial charge < -0.3 is 10.1 Å². The van der Waals surface area contributed by atoms with E-state index < -0.39 is 0 Å². The van der Waals surface area contributed by atoms with Crippen LogP contribution in [0.5, 0.6) is 5.75 Å². The topological polar surface area (TPSA) is 24.5 Å². The summed E-state index contributed by atoms with van der Waals surface area (Å²) in [5, 5.41) is 4.27. The Morgan fingerprint density at radius 1 is 1.45 bits per heavy atom. The predicted molar refractivity (Wildman–Crippen MR) is 84.5 cm³/mol. The van der Waals surface area contributed by atoms with Crippen LogP contribution in [0.15, 0.2) is 18.2 Å². The Labute approximate surface area is 126 Å². The van der Waals surface area contributed by atoms with E-state index in [4.69, 9.17) is 22.8 Å². The van der Waals surface area contributed by atoms with E-state index in [0.717, 1.165) is 48.9 Å². The van der Waals surface area contributed by atoms with Crippen LogP contribution in [0, 0.1) is 12.3 Å². The second-order valence-electron chi connectivity index (χ2n) is 4.97. The number of halogens is 1. The molecule has 0 unspecified atom stereocenters. The average Bonchev–Trinajstić information content (AvgIpc) is 2.44. The first-order valence-corrected chi connectivity index (χ1v) is 7.45. The van der Waals surface area contributed by atoms with Gasteiger partial charge in [0.25, 0.3) is 0 Å². The molecule has 0 bridgehead atoms. The highest BCUT2D eigenvalue weighted by Gasteiger charge is 2.19. The van der Waals surface area contributed by atoms with Gasteiger partial charge in [-0.1, -0.05) is 17.5 Å². The van der Waals surface area contributed by atoms with Crippen molar-refractivity contribution < 1.29 is 4.74 Å². The van der Waals surface area contributed by atoms with E-state index in [1.54, 1.807) is 0 Å². The van der Waals surface area contributed by atoms with Crippen LogP contribution in [0.25, 0.3) is 0 Å². The SMILES string of the molecule is C#CCN1CCC(Nc2cc(Cl)ccc2OCC)CC1. The molecule has 1 fully saturated rings. The molecule has 1 saturated heterocycles. The van der Waals surface area contributed by atoms with Gasteiger partial charge >= 0.3 is 0 Å². The van der Waals surface area contributed by atoms with Gasteiger partial charge in [0.15, 0.2) is 0 Å². The first-order chi connectivity index (χ1) is 9.72. The van der Waals surface area contributed by atoms with Crippen LogP contribution in [0.1, 0.15) is 19.8 Å². The molecule has 3 nitrogen and oxygen atoms in total. The number of anilines is 1. The lowest BCUT2D eigenvalue weighted by Gasteiger charge is -2.32. The molecule has 1 aliphatic rings. The van der Waals surface area contributed by atoms with Crippen LogP contribution in [0.4, 0.5) is 5.69 Å². The second kappa shape index (κ2) is 7.42. The van der Waals surface area contributed by atoms with Gasteiger partial charge in [-0.15, -0.1) is 6.42 Å². The third-order valence-corrected chi connectivity index (χ3v) is 3.74. The van der Waals surface area contributed by atoms with Crippen molar-refractivity contribution in [2.45, 2.75) is 25.8 Å². The minimum atomic E-state index is 0.446. The Kier molecular flexibility index (Phi) is 5.58. The molecular weight excluding hydrogens is 272 g/mol. The van der Waals surface area contributed by atoms with E-state index in [1.807, 2.05) is 25.1 Å². The van der Waals surface area contributed by atoms with Crippen molar-refractivity contribution in [3.05, 3.63) is 23.2 Å². The van der Waals surface area contributed by atoms with Crippen LogP contribution in [-0.2, 0) is 0 Å². The normalized spacial score (nSPS) is 16.6. The van der Waals surface area contributed by atoms with Crippen molar-refractivity contribution in [3.63, 3.8) is 0 Å². The van der Waals surface area contributed by atoms with Crippen LogP contribution >= 0.6 is 11.6 Å². The largest absolute Gasteiger partial charge is 0.492 e. The zero-order chi connectivity index (χ0) is 14.4. The number of terminal acetylenes is 1. The third kappa shape index (κ3) is 4.06. The molecule has 1 aromatic carbocycles. The van der Waals surface area contributed by atoms with Gasteiger partial charge in [-0.2, -0.15) is 0 Å². The molecule has 0 amide bonds. The van der Waals surface area contributed by atoms with Gasteiger partial charge in [0, 0.05) is 24.2 Å². The fraction of sp³-hybridized carbons (Fsp3) is 0.500. The van der Waals surface area contributed by atoms with E-state index in [0.29, 0.717) is 12.6 Å². The number of benzene rings is 1. The summed E-state index contributed by atoms with van der Waals surface area (Å²) in [5.74, 6) is 3.57. The van der Waals surface area contributed by atoms with Crippen molar-refractivity contribution in [2.24, 2.45) is 0 Å². The number of nitrogens with zero attached hydrogens (tertiary/aromatic N) is 1. The highest BCUT2D eigenvalue weighted by Crippen LogP contribution is 2.30. The molecule has 0 aliphatic carbocycles. The van der Waals surface area contributed by atoms with E-state index in [2.05, 4.69) is 16.1 Å². The van der Waals surface area contributed by atoms with Gasteiger partial charge in [-0.25, -0.2) is 0 Å². The smallest absolute Gasteiger partial charge is 0.142 e. The van der Waals surface area contributed by atoms with Gasteiger partial charge in [0.2, 0.25) is 0 Å². The zero-order valence-corrected chi connectivity index (χ0v) is 12.6. The number of hydrogen-bond donors (Lipinski definition) is 1. The highest BCUT2D eigenvalue weighted by atomic mass is 35.5. The summed E-state index contributed by atoms with van der Waals surface area (Å²) in [6.07, 6.45) is 7.52. The maximum Gasteiger partial charge on any atom is 0.142 e. The van der Waals surface area contributed by atoms with Crippen LogP contribution in [0.2, 0.25) is 5.02 Å². The minimum absolute atomic E-state index is 0.446. The van der Waals surface area contributed by atoms with Gasteiger partial charge in [-0.05, 0) is 38.0 Å². The van der Waals surface area contributed by atoms with Crippen LogP contribution in [-0.4, -0.2) is 37.2 Å². The second-order valence-corrected chi connectivity index (χ2v) is 5.41. The Morgan fingerprint density at radius 2 is 2.20 bits per heavy atom. The molecule has 20 heavy (non-hydrogen) atoms. The van der Waals surface area contributed by atoms with Crippen molar-refractivity contribution in [2.75, 3.05) is 31.6 Å². The van der Waals surface area contributed by atoms with Crippen molar-refractivity contribution in [3.8, 4) is 18.1 Å². The lowest BCUT2D eigenvalue weighted by molar-refractivity contribution is 0.243. The number of rotatable bonds is 5. The molecule has 0 aromatic heterocycles. The molecule has 1 aliphatic heterocycles. The van der Waals surface area contributed by atoms with E-state index in [1.165, 1.54) is 0 Å². The van der Waals surface area contributed by atoms with Gasteiger partial charge in [-0.3, -0.25) is 4.90 Å². The number of ether oxygens (including phenoxy) is 1. The fourth-order valence-corrected chi connectivity index (χ4v) is 2.65. The summed E-state index contributed by atoms with van der Waals surface area (Å²) in [6, 6.07) is 6.15. The van der Waals surface area contributed by atoms with E-state index in [9.17, 15) is 0 Å². The van der Waals surface area contributed by atoms with E-state index >= 15 is 0 Å². The molecule has 1 aromatic rings. The average molecular weight is 293 g/mol. The molecule has 0 atom stereocenters. The minimum Gasteiger partial charge on any atom is -0.492 e. The number of likely N-dealkylation sites (tertiary alicyclic amines) is 1. The van der Waals surface area contributed by atoms with Crippen molar-refractivity contribution >= 4 is 17.3 Å². The zero-order valence-electron chi connectivity index (χ0n) is 11.9. The summed E-state index contributed by atoms with van der Waals surface area (Å²) < 4.78 is 5.64. The lowest BCUT2D eigenvalue weighted by atomic mass is 10.0. The Hall–Kier alpha value is -1.37. The Morgan fingerprint density at radius 3 is 2.85 bits per heavy atom. The third-order valence-electron chi connectivity index (χ3n) is 3.50. The maximum absolute atomic E-state index is 6.07. The summed E-state index contributed by atoms with van der Waals surface area (Å²) in [7, 11) is 0. The standard InChI is InChI=1S/C16H21ClN2O/c1-3-9-19-10-7-14(8-11-19)18-15-12-13(17)5-6-16(15)20-4-2/h1,5-6,12,14,18H,4,7-11H2,2H3. The number of piperidine rings is 1. The first kappa shape index (κ1) is 15.0. The summed E-state index contributed by atoms with van der Waals surface area (Å²) in [6.45, 7) is 5.44. The monoisotopic (exact) mass is 292 g/mol. The summed E-state index contributed by atoms with van der Waals surface area (Å²) in [5.41, 5.74) is 0.981. The molecular formula is C16H21ClN2O. The van der Waals surface area contributed by atoms with Gasteiger partial charge in [0.05, 0.1) is 18.8 Å². The lowest BCUT2D eigenvalue weighted by Crippen LogP contribution is -2.39. The number of nitrogens with one attached hydrogen (secondary N) is 1. The molecule has 108 valence electrons. The molecule has 1 N–H and O–H groups in total. The molecule has 0 radical (unpaired) electrons. The van der Waals surface area contributed by atoms with Gasteiger partial charge in [0.1, 0.15) is 5.75 Å².